The van der Waals surface area contributed by atoms with Crippen molar-refractivity contribution in [3.05, 3.63) is 12.2 Å². The minimum absolute atomic E-state index is 1.69. The maximum Gasteiger partial charge on any atom is 0.537 e. The summed E-state index contributed by atoms with van der Waals surface area (Å²) in [5.74, 6) is 0. The molecule has 0 radical (unpaired) electrons. The lowest BCUT2D eigenvalue weighted by Gasteiger charge is -1.75. The van der Waals surface area contributed by atoms with Crippen LogP contribution < -0.4 is 0 Å². The van der Waals surface area contributed by atoms with Gasteiger partial charge in [-0.25, -0.2) is 4.79 Å². The van der Waals surface area contributed by atoms with Crippen LogP contribution in [0.4, 0.5) is 4.79 Å². The summed E-state index contributed by atoms with van der Waals surface area (Å²) < 4.78 is 0. The van der Waals surface area contributed by atoms with Crippen LogP contribution in [-0.2, 0) is 4.89 Å². The lowest BCUT2D eigenvalue weighted by atomic mass is 10.6. The average Bonchev–Trinajstić information content (AvgIpc) is 1.89. The lowest BCUT2D eigenvalue weighted by Crippen LogP contribution is -1.91. The van der Waals surface area contributed by atoms with Crippen LogP contribution in [0.25, 0.3) is 0 Å². The SMILES string of the molecule is CC=CC.O=C(O)OO. The van der Waals surface area contributed by atoms with Gasteiger partial charge in [0, 0.05) is 0 Å². The predicted molar refractivity (Wildman–Crippen MR) is 32.2 cm³/mol. The Morgan fingerprint density at radius 3 is 1.67 bits per heavy atom. The van der Waals surface area contributed by atoms with Crippen LogP contribution in [0.5, 0.6) is 0 Å². The van der Waals surface area contributed by atoms with E-state index in [0.29, 0.717) is 0 Å². The summed E-state index contributed by atoms with van der Waals surface area (Å²) in [5.41, 5.74) is 0. The van der Waals surface area contributed by atoms with E-state index in [1.54, 1.807) is 0 Å². The van der Waals surface area contributed by atoms with Crippen molar-refractivity contribution in [3.63, 3.8) is 0 Å². The molecule has 9 heavy (non-hydrogen) atoms. The topological polar surface area (TPSA) is 66.8 Å². The molecule has 0 saturated heterocycles. The number of carboxylic acid groups (broad SMARTS) is 1. The van der Waals surface area contributed by atoms with E-state index in [4.69, 9.17) is 15.2 Å². The Morgan fingerprint density at radius 2 is 1.67 bits per heavy atom. The van der Waals surface area contributed by atoms with Crippen LogP contribution in [0, 0.1) is 0 Å². The van der Waals surface area contributed by atoms with Crippen LogP contribution in [-0.4, -0.2) is 16.5 Å². The molecular weight excluding hydrogens is 124 g/mol. The van der Waals surface area contributed by atoms with Gasteiger partial charge in [0.15, 0.2) is 0 Å². The minimum Gasteiger partial charge on any atom is -0.448 e. The van der Waals surface area contributed by atoms with Gasteiger partial charge in [-0.15, -0.1) is 0 Å². The molecule has 0 aromatic carbocycles. The zero-order valence-corrected chi connectivity index (χ0v) is 5.37. The predicted octanol–water partition coefficient (Wildman–Crippen LogP) is 1.74. The fourth-order valence-corrected chi connectivity index (χ4v) is 0. The van der Waals surface area contributed by atoms with Gasteiger partial charge < -0.3 is 5.11 Å². The summed E-state index contributed by atoms with van der Waals surface area (Å²) >= 11 is 0. The molecule has 0 unspecified atom stereocenters. The molecule has 4 heteroatoms. The highest BCUT2D eigenvalue weighted by atomic mass is 17.1. The first-order valence-corrected chi connectivity index (χ1v) is 2.30. The molecule has 0 spiro atoms. The number of carbonyl (C=O) groups is 1. The first-order chi connectivity index (χ1) is 4.18. The number of hydrogen-bond acceptors (Lipinski definition) is 3. The largest absolute Gasteiger partial charge is 0.537 e. The maximum atomic E-state index is 8.90. The average molecular weight is 134 g/mol. The van der Waals surface area contributed by atoms with E-state index < -0.39 is 6.16 Å². The highest BCUT2D eigenvalue weighted by Gasteiger charge is 1.84. The molecular formula is C5H10O4. The van der Waals surface area contributed by atoms with Crippen molar-refractivity contribution < 1.29 is 20.0 Å². The van der Waals surface area contributed by atoms with Gasteiger partial charge in [0.25, 0.3) is 0 Å². The molecule has 2 N–H and O–H groups in total. The number of rotatable bonds is 0. The molecule has 0 aliphatic carbocycles. The molecule has 0 aliphatic rings. The van der Waals surface area contributed by atoms with Gasteiger partial charge in [0.2, 0.25) is 0 Å². The van der Waals surface area contributed by atoms with E-state index in [1.807, 2.05) is 26.0 Å². The highest BCUT2D eigenvalue weighted by Crippen LogP contribution is 1.59. The Hall–Kier alpha value is -1.03. The van der Waals surface area contributed by atoms with Crippen LogP contribution in [0.15, 0.2) is 12.2 Å². The Labute approximate surface area is 53.3 Å². The number of allylic oxidation sites excluding steroid dienone is 2. The van der Waals surface area contributed by atoms with E-state index in [0.717, 1.165) is 0 Å². The second kappa shape index (κ2) is 10.1. The van der Waals surface area contributed by atoms with E-state index in [1.165, 1.54) is 0 Å². The Morgan fingerprint density at radius 1 is 1.44 bits per heavy atom. The van der Waals surface area contributed by atoms with Crippen molar-refractivity contribution in [3.8, 4) is 0 Å². The first kappa shape index (κ1) is 10.9. The zero-order valence-electron chi connectivity index (χ0n) is 5.37. The standard InChI is InChI=1S/C4H8.CH2O4/c1-3-4-2;2-1(3)5-4/h3-4H,1-2H3;4H,(H,2,3). The van der Waals surface area contributed by atoms with Crippen LogP contribution in [0.2, 0.25) is 0 Å². The molecule has 0 saturated carbocycles. The smallest absolute Gasteiger partial charge is 0.448 e. The fourth-order valence-electron chi connectivity index (χ4n) is 0. The van der Waals surface area contributed by atoms with Crippen molar-refractivity contribution in [1.82, 2.24) is 0 Å². The third-order valence-corrected chi connectivity index (χ3v) is 0.411. The van der Waals surface area contributed by atoms with Gasteiger partial charge in [-0.05, 0) is 13.8 Å². The third-order valence-electron chi connectivity index (χ3n) is 0.411. The van der Waals surface area contributed by atoms with E-state index in [-0.39, 0.29) is 0 Å². The van der Waals surface area contributed by atoms with Crippen molar-refractivity contribution in [2.24, 2.45) is 0 Å². The minimum atomic E-state index is -1.69. The summed E-state index contributed by atoms with van der Waals surface area (Å²) in [6, 6.07) is 0. The Bertz CT molecular complexity index is 83.0. The van der Waals surface area contributed by atoms with Crippen molar-refractivity contribution in [2.45, 2.75) is 13.8 Å². The molecule has 0 atom stereocenters. The van der Waals surface area contributed by atoms with Gasteiger partial charge in [-0.1, -0.05) is 12.2 Å². The molecule has 0 aliphatic heterocycles. The monoisotopic (exact) mass is 134 g/mol. The van der Waals surface area contributed by atoms with Crippen LogP contribution in [0.3, 0.4) is 0 Å². The highest BCUT2D eigenvalue weighted by molar-refractivity contribution is 5.55. The second-order valence-electron chi connectivity index (χ2n) is 1.02. The molecule has 0 bridgehead atoms. The van der Waals surface area contributed by atoms with Crippen LogP contribution in [0.1, 0.15) is 13.8 Å². The number of hydrogen-bond donors (Lipinski definition) is 2. The Balaban J connectivity index is 0. The molecule has 4 nitrogen and oxygen atoms in total. The van der Waals surface area contributed by atoms with Crippen molar-refractivity contribution >= 4 is 6.16 Å². The molecule has 54 valence electrons. The zero-order chi connectivity index (χ0) is 7.70. The molecule has 0 rings (SSSR count). The van der Waals surface area contributed by atoms with Gasteiger partial charge in [-0.3, -0.25) is 4.89 Å². The van der Waals surface area contributed by atoms with Crippen LogP contribution >= 0.6 is 0 Å². The van der Waals surface area contributed by atoms with Gasteiger partial charge in [0.05, 0.1) is 0 Å². The second-order valence-corrected chi connectivity index (χ2v) is 1.02. The van der Waals surface area contributed by atoms with Gasteiger partial charge in [-0.2, -0.15) is 5.26 Å². The summed E-state index contributed by atoms with van der Waals surface area (Å²) in [6.07, 6.45) is 2.31. The lowest BCUT2D eigenvalue weighted by molar-refractivity contribution is -0.194. The van der Waals surface area contributed by atoms with Gasteiger partial charge in [0.1, 0.15) is 0 Å². The molecule has 0 fully saturated rings. The van der Waals surface area contributed by atoms with E-state index >= 15 is 0 Å². The summed E-state index contributed by atoms with van der Waals surface area (Å²) in [7, 11) is 0. The van der Waals surface area contributed by atoms with Gasteiger partial charge >= 0.3 is 6.16 Å². The summed E-state index contributed by atoms with van der Waals surface area (Å²) in [5, 5.41) is 14.3. The first-order valence-electron chi connectivity index (χ1n) is 2.30. The summed E-state index contributed by atoms with van der Waals surface area (Å²) in [6.45, 7) is 4.00. The molecule has 0 heterocycles. The third kappa shape index (κ3) is 44.4. The summed E-state index contributed by atoms with van der Waals surface area (Å²) in [4.78, 5) is 11.6. The van der Waals surface area contributed by atoms with Crippen molar-refractivity contribution in [2.75, 3.05) is 0 Å². The normalized spacial score (nSPS) is 7.89. The molecule has 0 aromatic rings. The quantitative estimate of drug-likeness (QED) is 0.301. The fraction of sp³-hybridized carbons (Fsp3) is 0.400. The van der Waals surface area contributed by atoms with E-state index in [2.05, 4.69) is 4.89 Å². The van der Waals surface area contributed by atoms with E-state index in [9.17, 15) is 0 Å². The van der Waals surface area contributed by atoms with Crippen molar-refractivity contribution in [1.29, 1.82) is 0 Å². The Kier molecular flexibility index (Phi) is 12.1. The molecule has 0 amide bonds. The molecule has 0 aromatic heterocycles. The maximum absolute atomic E-state index is 8.90.